The number of halogens is 1. The molecule has 3 rings (SSSR count). The number of hydrogen-bond donors (Lipinski definition) is 1. The van der Waals surface area contributed by atoms with Crippen molar-refractivity contribution < 1.29 is 4.79 Å². The summed E-state index contributed by atoms with van der Waals surface area (Å²) >= 11 is 6.35. The van der Waals surface area contributed by atoms with Crippen molar-refractivity contribution >= 4 is 23.3 Å². The second-order valence-corrected chi connectivity index (χ2v) is 8.21. The zero-order valence-corrected chi connectivity index (χ0v) is 18.9. The normalized spacial score (nSPS) is 11.9. The Morgan fingerprint density at radius 1 is 1.07 bits per heavy atom. The Balaban J connectivity index is 1.82. The number of urea groups is 1. The third-order valence-electron chi connectivity index (χ3n) is 5.65. The minimum absolute atomic E-state index is 0.0766. The Labute approximate surface area is 184 Å². The number of carbonyl (C=O) groups is 1. The summed E-state index contributed by atoms with van der Waals surface area (Å²) in [4.78, 5) is 15.2. The first-order valence-electron chi connectivity index (χ1n) is 10.4. The number of carbonyl (C=O) groups excluding carboxylic acids is 1. The maximum atomic E-state index is 13.3. The van der Waals surface area contributed by atoms with E-state index in [-0.39, 0.29) is 12.1 Å². The zero-order valence-electron chi connectivity index (χ0n) is 18.2. The van der Waals surface area contributed by atoms with Crippen LogP contribution >= 0.6 is 11.6 Å². The Kier molecular flexibility index (Phi) is 7.22. The van der Waals surface area contributed by atoms with Crippen LogP contribution in [0.1, 0.15) is 42.7 Å². The highest BCUT2D eigenvalue weighted by Gasteiger charge is 2.22. The van der Waals surface area contributed by atoms with Gasteiger partial charge in [0.05, 0.1) is 6.54 Å². The van der Waals surface area contributed by atoms with Gasteiger partial charge in [0.2, 0.25) is 0 Å². The molecule has 0 unspecified atom stereocenters. The molecule has 0 aliphatic carbocycles. The third kappa shape index (κ3) is 5.06. The van der Waals surface area contributed by atoms with Crippen LogP contribution < -0.4 is 5.32 Å². The zero-order chi connectivity index (χ0) is 21.7. The van der Waals surface area contributed by atoms with Crippen LogP contribution in [0.15, 0.2) is 60.8 Å². The molecule has 2 amide bonds. The van der Waals surface area contributed by atoms with Crippen molar-refractivity contribution in [2.45, 2.75) is 53.2 Å². The fraction of sp³-hybridized carbons (Fsp3) is 0.320. The summed E-state index contributed by atoms with van der Waals surface area (Å²) in [6, 6.07) is 18.0. The van der Waals surface area contributed by atoms with Crippen LogP contribution in [0.5, 0.6) is 0 Å². The smallest absolute Gasteiger partial charge is 0.322 e. The number of nitrogens with zero attached hydrogens (tertiary/aromatic N) is 2. The molecule has 0 spiro atoms. The second-order valence-electron chi connectivity index (χ2n) is 7.80. The van der Waals surface area contributed by atoms with Crippen LogP contribution in [0.3, 0.4) is 0 Å². The maximum Gasteiger partial charge on any atom is 0.322 e. The van der Waals surface area contributed by atoms with E-state index in [0.29, 0.717) is 13.1 Å². The lowest BCUT2D eigenvalue weighted by Gasteiger charge is -2.30. The number of para-hydroxylation sites is 1. The highest BCUT2D eigenvalue weighted by atomic mass is 35.5. The number of hydrogen-bond acceptors (Lipinski definition) is 1. The van der Waals surface area contributed by atoms with Crippen molar-refractivity contribution in [1.29, 1.82) is 0 Å². The van der Waals surface area contributed by atoms with Gasteiger partial charge in [-0.2, -0.15) is 0 Å². The molecular formula is C25H30ClN3O. The number of aromatic nitrogens is 1. The number of nitrogens with one attached hydrogen (secondary N) is 1. The van der Waals surface area contributed by atoms with E-state index in [1.165, 1.54) is 0 Å². The molecule has 0 saturated heterocycles. The topological polar surface area (TPSA) is 37.3 Å². The Morgan fingerprint density at radius 3 is 2.43 bits per heavy atom. The summed E-state index contributed by atoms with van der Waals surface area (Å²) in [6.45, 7) is 9.44. The molecular weight excluding hydrogens is 394 g/mol. The fourth-order valence-corrected chi connectivity index (χ4v) is 3.77. The quantitative estimate of drug-likeness (QED) is 0.454. The molecule has 3 aromatic rings. The van der Waals surface area contributed by atoms with Gasteiger partial charge in [-0.15, -0.1) is 0 Å². The van der Waals surface area contributed by atoms with Gasteiger partial charge < -0.3 is 14.8 Å². The first kappa shape index (κ1) is 22.0. The van der Waals surface area contributed by atoms with E-state index in [4.69, 9.17) is 11.6 Å². The Bertz CT molecular complexity index is 991. The molecule has 2 aromatic carbocycles. The van der Waals surface area contributed by atoms with Crippen molar-refractivity contribution in [3.05, 3.63) is 88.2 Å². The highest BCUT2D eigenvalue weighted by molar-refractivity contribution is 6.31. The second kappa shape index (κ2) is 9.86. The lowest BCUT2D eigenvalue weighted by Crippen LogP contribution is -2.41. The Morgan fingerprint density at radius 2 is 1.77 bits per heavy atom. The van der Waals surface area contributed by atoms with E-state index < -0.39 is 0 Å². The van der Waals surface area contributed by atoms with E-state index in [1.807, 2.05) is 73.5 Å². The van der Waals surface area contributed by atoms with Crippen LogP contribution in [-0.2, 0) is 13.1 Å². The summed E-state index contributed by atoms with van der Waals surface area (Å²) in [7, 11) is 0. The SMILES string of the molecule is CC[C@H](C)N(Cc1cccn1Cc1ccccc1Cl)C(=O)Nc1c(C)cccc1C. The van der Waals surface area contributed by atoms with Crippen LogP contribution in [0, 0.1) is 13.8 Å². The van der Waals surface area contributed by atoms with Crippen LogP contribution in [0.4, 0.5) is 10.5 Å². The van der Waals surface area contributed by atoms with E-state index in [2.05, 4.69) is 29.8 Å². The monoisotopic (exact) mass is 423 g/mol. The fourth-order valence-electron chi connectivity index (χ4n) is 3.57. The molecule has 5 heteroatoms. The van der Waals surface area contributed by atoms with Crippen molar-refractivity contribution in [2.24, 2.45) is 0 Å². The molecule has 1 atom stereocenters. The van der Waals surface area contributed by atoms with E-state index >= 15 is 0 Å². The summed E-state index contributed by atoms with van der Waals surface area (Å²) in [6.07, 6.45) is 2.92. The predicted molar refractivity (Wildman–Crippen MR) is 125 cm³/mol. The van der Waals surface area contributed by atoms with E-state index in [1.54, 1.807) is 0 Å². The van der Waals surface area contributed by atoms with Gasteiger partial charge in [0.25, 0.3) is 0 Å². The minimum atomic E-state index is -0.0766. The Hall–Kier alpha value is -2.72. The summed E-state index contributed by atoms with van der Waals surface area (Å²) in [5.41, 5.74) is 5.16. The molecule has 4 nitrogen and oxygen atoms in total. The average Bonchev–Trinajstić information content (AvgIpc) is 3.16. The number of aryl methyl sites for hydroxylation is 2. The van der Waals surface area contributed by atoms with Gasteiger partial charge in [0.1, 0.15) is 0 Å². The van der Waals surface area contributed by atoms with Crippen LogP contribution in [-0.4, -0.2) is 21.5 Å². The maximum absolute atomic E-state index is 13.3. The summed E-state index contributed by atoms with van der Waals surface area (Å²) in [5, 5.41) is 3.89. The lowest BCUT2D eigenvalue weighted by atomic mass is 10.1. The van der Waals surface area contributed by atoms with Gasteiger partial charge in [0.15, 0.2) is 0 Å². The molecule has 0 bridgehead atoms. The van der Waals surface area contributed by atoms with Gasteiger partial charge in [-0.1, -0.05) is 54.9 Å². The molecule has 0 aliphatic heterocycles. The standard InChI is InChI=1S/C25H30ClN3O/c1-5-20(4)29(25(30)27-24-18(2)10-8-11-19(24)3)17-22-13-9-15-28(22)16-21-12-6-7-14-23(21)26/h6-15,20H,5,16-17H2,1-4H3,(H,27,30)/t20-/m0/s1. The van der Waals surface area contributed by atoms with Gasteiger partial charge in [-0.05, 0) is 62.1 Å². The van der Waals surface area contributed by atoms with Crippen molar-refractivity contribution in [3.63, 3.8) is 0 Å². The van der Waals surface area contributed by atoms with Crippen LogP contribution in [0.25, 0.3) is 0 Å². The molecule has 0 radical (unpaired) electrons. The van der Waals surface area contributed by atoms with Crippen LogP contribution in [0.2, 0.25) is 5.02 Å². The first-order chi connectivity index (χ1) is 14.4. The number of rotatable bonds is 7. The molecule has 30 heavy (non-hydrogen) atoms. The predicted octanol–water partition coefficient (Wildman–Crippen LogP) is 6.64. The first-order valence-corrected chi connectivity index (χ1v) is 10.8. The molecule has 1 heterocycles. The summed E-state index contributed by atoms with van der Waals surface area (Å²) in [5.74, 6) is 0. The molecule has 158 valence electrons. The van der Waals surface area contributed by atoms with E-state index in [9.17, 15) is 4.79 Å². The van der Waals surface area contributed by atoms with E-state index in [0.717, 1.165) is 39.5 Å². The summed E-state index contributed by atoms with van der Waals surface area (Å²) < 4.78 is 2.16. The number of amides is 2. The molecule has 1 N–H and O–H groups in total. The molecule has 1 aromatic heterocycles. The van der Waals surface area contributed by atoms with Crippen molar-refractivity contribution in [3.8, 4) is 0 Å². The highest BCUT2D eigenvalue weighted by Crippen LogP contribution is 2.22. The number of benzene rings is 2. The minimum Gasteiger partial charge on any atom is -0.345 e. The average molecular weight is 424 g/mol. The van der Waals surface area contributed by atoms with Gasteiger partial charge in [-0.25, -0.2) is 4.79 Å². The lowest BCUT2D eigenvalue weighted by molar-refractivity contribution is 0.185. The number of anilines is 1. The molecule has 0 aliphatic rings. The van der Waals surface area contributed by atoms with Gasteiger partial charge in [0, 0.05) is 35.2 Å². The van der Waals surface area contributed by atoms with Crippen molar-refractivity contribution in [1.82, 2.24) is 9.47 Å². The third-order valence-corrected chi connectivity index (χ3v) is 6.02. The van der Waals surface area contributed by atoms with Crippen molar-refractivity contribution in [2.75, 3.05) is 5.32 Å². The molecule has 0 fully saturated rings. The molecule has 0 saturated carbocycles. The van der Waals surface area contributed by atoms with Gasteiger partial charge in [-0.3, -0.25) is 0 Å². The van der Waals surface area contributed by atoms with Gasteiger partial charge >= 0.3 is 6.03 Å². The largest absolute Gasteiger partial charge is 0.345 e.